The Morgan fingerprint density at radius 2 is 1.70 bits per heavy atom. The normalized spacial score (nSPS) is 24.9. The van der Waals surface area contributed by atoms with Gasteiger partial charge in [-0.25, -0.2) is 0 Å². The van der Waals surface area contributed by atoms with Crippen LogP contribution in [0, 0.1) is 5.41 Å². The van der Waals surface area contributed by atoms with E-state index in [1.165, 1.54) is 0 Å². The first-order chi connectivity index (χ1) is 8.93. The first kappa shape index (κ1) is 17.0. The minimum atomic E-state index is -0.462. The van der Waals surface area contributed by atoms with E-state index in [9.17, 15) is 9.59 Å². The number of rotatable bonds is 3. The van der Waals surface area contributed by atoms with E-state index in [0.29, 0.717) is 13.2 Å². The van der Waals surface area contributed by atoms with Gasteiger partial charge in [0, 0.05) is 6.54 Å². The van der Waals surface area contributed by atoms with Gasteiger partial charge in [-0.1, -0.05) is 20.8 Å². The lowest BCUT2D eigenvalue weighted by Gasteiger charge is -2.44. The minimum absolute atomic E-state index is 0.0398. The summed E-state index contributed by atoms with van der Waals surface area (Å²) in [6.07, 6.45) is 0. The molecule has 0 aromatic heterocycles. The Bertz CT molecular complexity index is 380. The number of hydrogen-bond acceptors (Lipinski definition) is 3. The predicted molar refractivity (Wildman–Crippen MR) is 78.3 cm³/mol. The van der Waals surface area contributed by atoms with Crippen molar-refractivity contribution < 1.29 is 14.3 Å². The maximum absolute atomic E-state index is 12.3. The third-order valence-corrected chi connectivity index (χ3v) is 3.26. The number of nitrogens with zero attached hydrogens (tertiary/aromatic N) is 1. The third kappa shape index (κ3) is 4.20. The van der Waals surface area contributed by atoms with Gasteiger partial charge in [0.05, 0.1) is 12.2 Å². The molecule has 1 saturated heterocycles. The van der Waals surface area contributed by atoms with Gasteiger partial charge in [-0.15, -0.1) is 0 Å². The van der Waals surface area contributed by atoms with Gasteiger partial charge in [0.15, 0.2) is 0 Å². The van der Waals surface area contributed by atoms with Crippen molar-refractivity contribution in [2.45, 2.75) is 66.2 Å². The van der Waals surface area contributed by atoms with Crippen molar-refractivity contribution >= 4 is 11.8 Å². The highest BCUT2D eigenvalue weighted by Gasteiger charge is 2.44. The smallest absolute Gasteiger partial charge is 0.245 e. The number of amides is 2. The molecule has 0 aromatic carbocycles. The second-order valence-electron chi connectivity index (χ2n) is 7.49. The molecule has 5 nitrogen and oxygen atoms in total. The summed E-state index contributed by atoms with van der Waals surface area (Å²) in [6.45, 7) is 14.4. The molecule has 5 heteroatoms. The fourth-order valence-electron chi connectivity index (χ4n) is 2.42. The second-order valence-corrected chi connectivity index (χ2v) is 7.49. The zero-order chi connectivity index (χ0) is 15.7. The van der Waals surface area contributed by atoms with Crippen molar-refractivity contribution in [3.8, 4) is 0 Å². The summed E-state index contributed by atoms with van der Waals surface area (Å²) >= 11 is 0. The number of carbonyl (C=O) groups is 2. The fourth-order valence-corrected chi connectivity index (χ4v) is 2.42. The summed E-state index contributed by atoms with van der Waals surface area (Å²) in [5.74, 6) is -0.123. The van der Waals surface area contributed by atoms with E-state index in [4.69, 9.17) is 4.74 Å². The topological polar surface area (TPSA) is 58.6 Å². The van der Waals surface area contributed by atoms with Crippen molar-refractivity contribution in [1.82, 2.24) is 10.2 Å². The highest BCUT2D eigenvalue weighted by atomic mass is 16.5. The quantitative estimate of drug-likeness (QED) is 0.855. The molecule has 1 fully saturated rings. The molecule has 1 N–H and O–H groups in total. The molecule has 2 unspecified atom stereocenters. The first-order valence-corrected chi connectivity index (χ1v) is 7.18. The fraction of sp³-hybridized carbons (Fsp3) is 0.867. The molecule has 0 bridgehead atoms. The number of piperazine rings is 1. The van der Waals surface area contributed by atoms with Crippen LogP contribution in [0.25, 0.3) is 0 Å². The van der Waals surface area contributed by atoms with E-state index in [0.717, 1.165) is 0 Å². The van der Waals surface area contributed by atoms with Crippen LogP contribution in [-0.4, -0.2) is 47.6 Å². The molecular formula is C15H28N2O3. The van der Waals surface area contributed by atoms with E-state index in [2.05, 4.69) is 5.32 Å². The average Bonchev–Trinajstić information content (AvgIpc) is 2.21. The second kappa shape index (κ2) is 5.72. The number of hydrogen-bond donors (Lipinski definition) is 1. The molecule has 20 heavy (non-hydrogen) atoms. The summed E-state index contributed by atoms with van der Waals surface area (Å²) in [6, 6.07) is -0.912. The van der Waals surface area contributed by atoms with Gasteiger partial charge in [-0.3, -0.25) is 9.59 Å². The molecule has 1 aliphatic rings. The van der Waals surface area contributed by atoms with Crippen molar-refractivity contribution in [2.75, 3.05) is 13.2 Å². The summed E-state index contributed by atoms with van der Waals surface area (Å²) < 4.78 is 5.69. The van der Waals surface area contributed by atoms with E-state index in [1.807, 2.05) is 41.5 Å². The molecule has 0 spiro atoms. The van der Waals surface area contributed by atoms with Crippen LogP contribution in [-0.2, 0) is 14.3 Å². The zero-order valence-electron chi connectivity index (χ0n) is 13.7. The Hall–Kier alpha value is -1.10. The Morgan fingerprint density at radius 3 is 2.15 bits per heavy atom. The van der Waals surface area contributed by atoms with Gasteiger partial charge < -0.3 is 15.0 Å². The van der Waals surface area contributed by atoms with Crippen LogP contribution >= 0.6 is 0 Å². The molecule has 1 heterocycles. The van der Waals surface area contributed by atoms with Crippen LogP contribution in [0.3, 0.4) is 0 Å². The Balaban J connectivity index is 2.84. The molecule has 0 aromatic rings. The van der Waals surface area contributed by atoms with Gasteiger partial charge in [0.2, 0.25) is 11.8 Å². The molecule has 116 valence electrons. The van der Waals surface area contributed by atoms with Crippen LogP contribution < -0.4 is 5.32 Å². The van der Waals surface area contributed by atoms with Crippen molar-refractivity contribution in [1.29, 1.82) is 0 Å². The average molecular weight is 284 g/mol. The predicted octanol–water partition coefficient (Wildman–Crippen LogP) is 1.56. The summed E-state index contributed by atoms with van der Waals surface area (Å²) in [5, 5.41) is 2.75. The van der Waals surface area contributed by atoms with Crippen molar-refractivity contribution in [3.63, 3.8) is 0 Å². The standard InChI is InChI=1S/C15H28N2O3/c1-10-13(19)17(8-9-20-15(5,6)7)11(12(18)16-10)14(2,3)4/h10-11H,8-9H2,1-7H3,(H,16,18). The van der Waals surface area contributed by atoms with Crippen LogP contribution in [0.15, 0.2) is 0 Å². The van der Waals surface area contributed by atoms with Gasteiger partial charge in [-0.2, -0.15) is 0 Å². The van der Waals surface area contributed by atoms with Gasteiger partial charge in [0.25, 0.3) is 0 Å². The number of nitrogens with one attached hydrogen (secondary N) is 1. The Morgan fingerprint density at radius 1 is 1.15 bits per heavy atom. The van der Waals surface area contributed by atoms with Crippen LogP contribution in [0.2, 0.25) is 0 Å². The summed E-state index contributed by atoms with van der Waals surface area (Å²) in [5.41, 5.74) is -0.550. The third-order valence-electron chi connectivity index (χ3n) is 3.26. The van der Waals surface area contributed by atoms with Crippen LogP contribution in [0.1, 0.15) is 48.5 Å². The van der Waals surface area contributed by atoms with E-state index in [1.54, 1.807) is 11.8 Å². The van der Waals surface area contributed by atoms with Crippen molar-refractivity contribution in [2.24, 2.45) is 5.41 Å². The largest absolute Gasteiger partial charge is 0.374 e. The Kier molecular flexibility index (Phi) is 4.85. The molecule has 2 atom stereocenters. The zero-order valence-corrected chi connectivity index (χ0v) is 13.7. The lowest BCUT2D eigenvalue weighted by Crippen LogP contribution is -2.66. The maximum atomic E-state index is 12.3. The first-order valence-electron chi connectivity index (χ1n) is 7.18. The highest BCUT2D eigenvalue weighted by Crippen LogP contribution is 2.27. The highest BCUT2D eigenvalue weighted by molar-refractivity contribution is 5.97. The molecule has 1 rings (SSSR count). The maximum Gasteiger partial charge on any atom is 0.245 e. The molecule has 0 aliphatic carbocycles. The van der Waals surface area contributed by atoms with Crippen LogP contribution in [0.5, 0.6) is 0 Å². The van der Waals surface area contributed by atoms with Gasteiger partial charge >= 0.3 is 0 Å². The lowest BCUT2D eigenvalue weighted by atomic mass is 9.83. The van der Waals surface area contributed by atoms with Crippen molar-refractivity contribution in [3.05, 3.63) is 0 Å². The van der Waals surface area contributed by atoms with Gasteiger partial charge in [-0.05, 0) is 33.1 Å². The monoisotopic (exact) mass is 284 g/mol. The number of carbonyl (C=O) groups excluding carboxylic acids is 2. The molecule has 2 amide bonds. The SMILES string of the molecule is CC1NC(=O)C(C(C)(C)C)N(CCOC(C)(C)C)C1=O. The molecule has 0 saturated carbocycles. The van der Waals surface area contributed by atoms with E-state index >= 15 is 0 Å². The summed E-state index contributed by atoms with van der Waals surface area (Å²) in [4.78, 5) is 26.2. The Labute approximate surface area is 122 Å². The molecule has 0 radical (unpaired) electrons. The minimum Gasteiger partial charge on any atom is -0.374 e. The van der Waals surface area contributed by atoms with Crippen LogP contribution in [0.4, 0.5) is 0 Å². The molecular weight excluding hydrogens is 256 g/mol. The van der Waals surface area contributed by atoms with E-state index in [-0.39, 0.29) is 22.8 Å². The lowest BCUT2D eigenvalue weighted by molar-refractivity contribution is -0.155. The number of ether oxygens (including phenoxy) is 1. The molecule has 1 aliphatic heterocycles. The van der Waals surface area contributed by atoms with E-state index < -0.39 is 12.1 Å². The summed E-state index contributed by atoms with van der Waals surface area (Å²) in [7, 11) is 0. The van der Waals surface area contributed by atoms with Gasteiger partial charge in [0.1, 0.15) is 12.1 Å².